The molecule has 1 aliphatic rings. The fourth-order valence-electron chi connectivity index (χ4n) is 5.09. The summed E-state index contributed by atoms with van der Waals surface area (Å²) in [5.41, 5.74) is 1.51. The molecule has 0 atom stereocenters. The number of benzene rings is 3. The molecule has 1 saturated heterocycles. The molecule has 0 spiro atoms. The van der Waals surface area contributed by atoms with E-state index in [0.717, 1.165) is 28.6 Å². The zero-order valence-electron chi connectivity index (χ0n) is 19.4. The van der Waals surface area contributed by atoms with Crippen molar-refractivity contribution in [2.45, 2.75) is 24.6 Å². The normalized spacial score (nSPS) is 16.1. The second-order valence-electron chi connectivity index (χ2n) is 9.35. The summed E-state index contributed by atoms with van der Waals surface area (Å²) in [4.78, 5) is 22.8. The van der Waals surface area contributed by atoms with Gasteiger partial charge in [-0.3, -0.25) is 9.20 Å². The Morgan fingerprint density at radius 2 is 1.78 bits per heavy atom. The number of hydrogen-bond donors (Lipinski definition) is 2. The number of nitrogens with zero attached hydrogens (tertiary/aromatic N) is 3. The third kappa shape index (κ3) is 3.96. The molecular weight excluding hydrogens is 501 g/mol. The predicted molar refractivity (Wildman–Crippen MR) is 136 cm³/mol. The maximum atomic E-state index is 13.3. The van der Waals surface area contributed by atoms with Gasteiger partial charge < -0.3 is 15.0 Å². The number of piperidine rings is 1. The standard InChI is InChI=1S/C27H21F3N4O2S/c28-27(29,30)18-5-3-4-17(15-18)26(36)10-12-33(13-11-26)24(35)16-8-9-19-21(14-16)32-25(37)34-22-7-2-1-6-20(22)31-23(19)34/h1-9,14-15,36H,10-13H2,(H,32,37). The molecule has 6 rings (SSSR count). The largest absolute Gasteiger partial charge is 0.416 e. The number of H-pyrrole nitrogens is 1. The molecule has 3 heterocycles. The van der Waals surface area contributed by atoms with E-state index in [2.05, 4.69) is 4.98 Å². The molecule has 0 radical (unpaired) electrons. The van der Waals surface area contributed by atoms with Crippen LogP contribution in [-0.2, 0) is 11.8 Å². The summed E-state index contributed by atoms with van der Waals surface area (Å²) in [6.07, 6.45) is -4.22. The van der Waals surface area contributed by atoms with Crippen LogP contribution in [-0.4, -0.2) is 43.4 Å². The van der Waals surface area contributed by atoms with Gasteiger partial charge in [0.05, 0.1) is 27.7 Å². The minimum absolute atomic E-state index is 0.136. The number of nitrogens with one attached hydrogen (secondary N) is 1. The van der Waals surface area contributed by atoms with E-state index in [1.165, 1.54) is 12.1 Å². The van der Waals surface area contributed by atoms with Gasteiger partial charge in [0.2, 0.25) is 0 Å². The molecule has 2 N–H and O–H groups in total. The molecule has 1 amide bonds. The number of carbonyl (C=O) groups is 1. The molecule has 1 fully saturated rings. The van der Waals surface area contributed by atoms with E-state index < -0.39 is 17.3 Å². The monoisotopic (exact) mass is 522 g/mol. The Kier molecular flexibility index (Phi) is 5.36. The van der Waals surface area contributed by atoms with Crippen molar-refractivity contribution < 1.29 is 23.1 Å². The number of likely N-dealkylation sites (tertiary alicyclic amines) is 1. The molecule has 5 aromatic rings. The van der Waals surface area contributed by atoms with Crippen LogP contribution >= 0.6 is 12.2 Å². The average molecular weight is 523 g/mol. The number of hydrogen-bond acceptors (Lipinski definition) is 4. The van der Waals surface area contributed by atoms with Gasteiger partial charge in [0.25, 0.3) is 5.91 Å². The molecule has 188 valence electrons. The SMILES string of the molecule is O=C(c1ccc2c(c1)[nH]c(=S)n1c3ccccc3nc21)N1CCC(O)(c2cccc(C(F)(F)F)c2)CC1. The zero-order valence-corrected chi connectivity index (χ0v) is 20.2. The van der Waals surface area contributed by atoms with Crippen molar-refractivity contribution in [3.63, 3.8) is 0 Å². The molecule has 3 aromatic carbocycles. The third-order valence-corrected chi connectivity index (χ3v) is 7.40. The summed E-state index contributed by atoms with van der Waals surface area (Å²) < 4.78 is 41.8. The minimum Gasteiger partial charge on any atom is -0.385 e. The Bertz CT molecular complexity index is 1750. The first-order valence-electron chi connectivity index (χ1n) is 11.8. The molecule has 0 saturated carbocycles. The van der Waals surface area contributed by atoms with Gasteiger partial charge in [-0.25, -0.2) is 4.98 Å². The fourth-order valence-corrected chi connectivity index (χ4v) is 5.39. The highest BCUT2D eigenvalue weighted by Crippen LogP contribution is 2.37. The number of alkyl halides is 3. The van der Waals surface area contributed by atoms with E-state index in [-0.39, 0.29) is 37.4 Å². The predicted octanol–water partition coefficient (Wildman–Crippen LogP) is 5.84. The Morgan fingerprint density at radius 3 is 2.54 bits per heavy atom. The number of para-hydroxylation sites is 2. The van der Waals surface area contributed by atoms with Crippen molar-refractivity contribution in [1.82, 2.24) is 19.3 Å². The number of aromatic amines is 1. The van der Waals surface area contributed by atoms with Crippen LogP contribution in [0.1, 0.15) is 34.3 Å². The lowest BCUT2D eigenvalue weighted by molar-refractivity contribution is -0.137. The first-order valence-corrected chi connectivity index (χ1v) is 12.2. The highest BCUT2D eigenvalue weighted by Gasteiger charge is 2.38. The van der Waals surface area contributed by atoms with Crippen LogP contribution in [0.25, 0.3) is 27.6 Å². The van der Waals surface area contributed by atoms with Gasteiger partial charge in [0, 0.05) is 24.0 Å². The van der Waals surface area contributed by atoms with Crippen molar-refractivity contribution in [3.05, 3.63) is 88.2 Å². The molecule has 2 aromatic heterocycles. The Labute approximate surface area is 214 Å². The van der Waals surface area contributed by atoms with E-state index in [1.54, 1.807) is 17.0 Å². The number of rotatable bonds is 2. The summed E-state index contributed by atoms with van der Waals surface area (Å²) in [6, 6.07) is 17.8. The first kappa shape index (κ1) is 23.6. The number of carbonyl (C=O) groups excluding carboxylic acids is 1. The lowest BCUT2D eigenvalue weighted by Gasteiger charge is -2.38. The van der Waals surface area contributed by atoms with Crippen molar-refractivity contribution in [2.75, 3.05) is 13.1 Å². The number of amides is 1. The molecule has 37 heavy (non-hydrogen) atoms. The van der Waals surface area contributed by atoms with Crippen LogP contribution in [0.4, 0.5) is 13.2 Å². The van der Waals surface area contributed by atoms with Gasteiger partial charge in [-0.15, -0.1) is 0 Å². The topological polar surface area (TPSA) is 73.6 Å². The Balaban J connectivity index is 1.27. The maximum absolute atomic E-state index is 13.3. The van der Waals surface area contributed by atoms with Gasteiger partial charge in [0.15, 0.2) is 4.77 Å². The summed E-state index contributed by atoms with van der Waals surface area (Å²) in [6.45, 7) is 0.425. The van der Waals surface area contributed by atoms with E-state index in [1.807, 2.05) is 34.7 Å². The lowest BCUT2D eigenvalue weighted by Crippen LogP contribution is -2.45. The van der Waals surface area contributed by atoms with E-state index in [4.69, 9.17) is 17.2 Å². The Morgan fingerprint density at radius 1 is 1.03 bits per heavy atom. The number of fused-ring (bicyclic) bond motifs is 5. The number of imidazole rings is 1. The van der Waals surface area contributed by atoms with Gasteiger partial charge in [0.1, 0.15) is 5.65 Å². The zero-order chi connectivity index (χ0) is 25.9. The van der Waals surface area contributed by atoms with E-state index in [9.17, 15) is 23.1 Å². The molecule has 0 bridgehead atoms. The lowest BCUT2D eigenvalue weighted by atomic mass is 9.83. The van der Waals surface area contributed by atoms with Crippen molar-refractivity contribution in [3.8, 4) is 0 Å². The highest BCUT2D eigenvalue weighted by molar-refractivity contribution is 7.71. The van der Waals surface area contributed by atoms with Gasteiger partial charge in [-0.1, -0.05) is 24.3 Å². The van der Waals surface area contributed by atoms with Gasteiger partial charge in [-0.05, 0) is 73.1 Å². The van der Waals surface area contributed by atoms with Crippen LogP contribution in [0.2, 0.25) is 0 Å². The van der Waals surface area contributed by atoms with Crippen LogP contribution < -0.4 is 0 Å². The summed E-state index contributed by atoms with van der Waals surface area (Å²) in [5, 5.41) is 11.9. The Hall–Kier alpha value is -3.76. The van der Waals surface area contributed by atoms with E-state index in [0.29, 0.717) is 21.5 Å². The smallest absolute Gasteiger partial charge is 0.385 e. The van der Waals surface area contributed by atoms with Crippen LogP contribution in [0.15, 0.2) is 66.7 Å². The summed E-state index contributed by atoms with van der Waals surface area (Å²) in [7, 11) is 0. The van der Waals surface area contributed by atoms with Crippen molar-refractivity contribution in [2.24, 2.45) is 0 Å². The van der Waals surface area contributed by atoms with Crippen molar-refractivity contribution >= 4 is 45.7 Å². The molecular formula is C27H21F3N4O2S. The highest BCUT2D eigenvalue weighted by atomic mass is 32.1. The summed E-state index contributed by atoms with van der Waals surface area (Å²) in [5.74, 6) is -0.222. The van der Waals surface area contributed by atoms with Gasteiger partial charge >= 0.3 is 6.18 Å². The van der Waals surface area contributed by atoms with Crippen molar-refractivity contribution in [1.29, 1.82) is 0 Å². The molecule has 0 unspecified atom stereocenters. The first-order chi connectivity index (χ1) is 17.6. The fraction of sp³-hybridized carbons (Fsp3) is 0.222. The molecule has 10 heteroatoms. The van der Waals surface area contributed by atoms with Crippen LogP contribution in [0, 0.1) is 4.77 Å². The van der Waals surface area contributed by atoms with E-state index >= 15 is 0 Å². The molecule has 6 nitrogen and oxygen atoms in total. The maximum Gasteiger partial charge on any atom is 0.416 e. The van der Waals surface area contributed by atoms with Gasteiger partial charge in [-0.2, -0.15) is 13.2 Å². The average Bonchev–Trinajstić information content (AvgIpc) is 3.29. The summed E-state index contributed by atoms with van der Waals surface area (Å²) >= 11 is 5.57. The quantitative estimate of drug-likeness (QED) is 0.286. The molecule has 1 aliphatic heterocycles. The number of aliphatic hydroxyl groups is 1. The van der Waals surface area contributed by atoms with Crippen LogP contribution in [0.3, 0.4) is 0 Å². The number of aromatic nitrogens is 3. The second-order valence-corrected chi connectivity index (χ2v) is 9.74. The third-order valence-electron chi connectivity index (χ3n) is 7.12. The minimum atomic E-state index is -4.49. The molecule has 0 aliphatic carbocycles. The van der Waals surface area contributed by atoms with Crippen LogP contribution in [0.5, 0.6) is 0 Å². The second kappa shape index (κ2) is 8.39. The number of halogens is 3.